The second kappa shape index (κ2) is 5.55. The molecular weight excluding hydrogens is 250 g/mol. The van der Waals surface area contributed by atoms with Crippen LogP contribution in [-0.2, 0) is 13.0 Å². The van der Waals surface area contributed by atoms with E-state index in [1.165, 1.54) is 16.7 Å². The summed E-state index contributed by atoms with van der Waals surface area (Å²) in [4.78, 5) is 0. The quantitative estimate of drug-likeness (QED) is 0.929. The first-order chi connectivity index (χ1) is 9.85. The van der Waals surface area contributed by atoms with Crippen molar-refractivity contribution < 1.29 is 9.47 Å². The summed E-state index contributed by atoms with van der Waals surface area (Å²) in [6.45, 7) is 1.96. The van der Waals surface area contributed by atoms with E-state index in [1.54, 1.807) is 14.2 Å². The predicted octanol–water partition coefficient (Wildman–Crippen LogP) is 3.02. The molecular formula is C17H19NO2. The van der Waals surface area contributed by atoms with E-state index in [1.807, 2.05) is 12.1 Å². The van der Waals surface area contributed by atoms with Crippen LogP contribution < -0.4 is 14.8 Å². The molecule has 0 saturated carbocycles. The third-order valence-electron chi connectivity index (χ3n) is 3.83. The molecule has 104 valence electrons. The molecule has 20 heavy (non-hydrogen) atoms. The smallest absolute Gasteiger partial charge is 0.168 e. The monoisotopic (exact) mass is 269 g/mol. The summed E-state index contributed by atoms with van der Waals surface area (Å²) in [5, 5.41) is 3.41. The van der Waals surface area contributed by atoms with Crippen molar-refractivity contribution in [2.45, 2.75) is 13.0 Å². The Labute approximate surface area is 119 Å². The molecule has 0 amide bonds. The van der Waals surface area contributed by atoms with Crippen LogP contribution >= 0.6 is 0 Å². The highest BCUT2D eigenvalue weighted by Gasteiger charge is 2.17. The van der Waals surface area contributed by atoms with E-state index >= 15 is 0 Å². The summed E-state index contributed by atoms with van der Waals surface area (Å²) >= 11 is 0. The Hall–Kier alpha value is -2.00. The number of hydrogen-bond donors (Lipinski definition) is 1. The van der Waals surface area contributed by atoms with Gasteiger partial charge in [0.25, 0.3) is 0 Å². The number of methoxy groups -OCH3 is 2. The number of fused-ring (bicyclic) bond motifs is 1. The van der Waals surface area contributed by atoms with Crippen molar-refractivity contribution in [1.82, 2.24) is 5.32 Å². The van der Waals surface area contributed by atoms with Crippen LogP contribution in [0.25, 0.3) is 11.1 Å². The van der Waals surface area contributed by atoms with E-state index in [0.29, 0.717) is 0 Å². The molecule has 1 heterocycles. The van der Waals surface area contributed by atoms with Gasteiger partial charge in [0.05, 0.1) is 14.2 Å². The van der Waals surface area contributed by atoms with Gasteiger partial charge in [-0.05, 0) is 35.7 Å². The molecule has 0 atom stereocenters. The fraction of sp³-hybridized carbons (Fsp3) is 0.294. The molecule has 3 nitrogen and oxygen atoms in total. The summed E-state index contributed by atoms with van der Waals surface area (Å²) in [5.41, 5.74) is 5.14. The average Bonchev–Trinajstić information content (AvgIpc) is 2.53. The van der Waals surface area contributed by atoms with Crippen molar-refractivity contribution in [2.24, 2.45) is 0 Å². The van der Waals surface area contributed by atoms with E-state index < -0.39 is 0 Å². The Morgan fingerprint density at radius 1 is 0.950 bits per heavy atom. The fourth-order valence-electron chi connectivity index (χ4n) is 2.88. The van der Waals surface area contributed by atoms with Gasteiger partial charge in [-0.3, -0.25) is 0 Å². The van der Waals surface area contributed by atoms with Gasteiger partial charge in [-0.15, -0.1) is 0 Å². The van der Waals surface area contributed by atoms with Crippen LogP contribution in [0.4, 0.5) is 0 Å². The highest BCUT2D eigenvalue weighted by Crippen LogP contribution is 2.40. The maximum atomic E-state index is 5.57. The Kier molecular flexibility index (Phi) is 3.61. The highest BCUT2D eigenvalue weighted by atomic mass is 16.5. The van der Waals surface area contributed by atoms with Gasteiger partial charge in [0.15, 0.2) is 11.5 Å². The van der Waals surface area contributed by atoms with E-state index in [-0.39, 0.29) is 0 Å². The molecule has 0 aromatic heterocycles. The lowest BCUT2D eigenvalue weighted by atomic mass is 9.91. The second-order valence-corrected chi connectivity index (χ2v) is 4.91. The maximum absolute atomic E-state index is 5.57. The Balaban J connectivity index is 2.19. The third-order valence-corrected chi connectivity index (χ3v) is 3.83. The van der Waals surface area contributed by atoms with Crippen LogP contribution in [0.15, 0.2) is 36.4 Å². The average molecular weight is 269 g/mol. The van der Waals surface area contributed by atoms with E-state index in [9.17, 15) is 0 Å². The van der Waals surface area contributed by atoms with Crippen molar-refractivity contribution in [3.05, 3.63) is 47.5 Å². The van der Waals surface area contributed by atoms with Crippen molar-refractivity contribution >= 4 is 0 Å². The molecule has 3 rings (SSSR count). The lowest BCUT2D eigenvalue weighted by Gasteiger charge is -2.22. The molecule has 0 fully saturated rings. The number of nitrogens with one attached hydrogen (secondary N) is 1. The van der Waals surface area contributed by atoms with E-state index in [2.05, 4.69) is 29.6 Å². The zero-order valence-corrected chi connectivity index (χ0v) is 11.9. The first-order valence-electron chi connectivity index (χ1n) is 6.88. The van der Waals surface area contributed by atoms with Crippen LogP contribution in [0.5, 0.6) is 11.5 Å². The summed E-state index contributed by atoms with van der Waals surface area (Å²) in [6, 6.07) is 12.5. The first kappa shape index (κ1) is 13.0. The lowest BCUT2D eigenvalue weighted by Crippen LogP contribution is -2.24. The molecule has 0 spiro atoms. The van der Waals surface area contributed by atoms with Crippen LogP contribution in [0.2, 0.25) is 0 Å². The molecule has 1 N–H and O–H groups in total. The van der Waals surface area contributed by atoms with Gasteiger partial charge in [-0.25, -0.2) is 0 Å². The van der Waals surface area contributed by atoms with Gasteiger partial charge in [0, 0.05) is 12.1 Å². The number of rotatable bonds is 3. The molecule has 2 aromatic carbocycles. The largest absolute Gasteiger partial charge is 0.493 e. The molecule has 0 unspecified atom stereocenters. The number of para-hydroxylation sites is 1. The summed E-state index contributed by atoms with van der Waals surface area (Å²) < 4.78 is 11.0. The van der Waals surface area contributed by atoms with Gasteiger partial charge >= 0.3 is 0 Å². The Morgan fingerprint density at radius 2 is 1.75 bits per heavy atom. The van der Waals surface area contributed by atoms with Gasteiger partial charge in [-0.1, -0.05) is 30.3 Å². The van der Waals surface area contributed by atoms with Gasteiger partial charge in [0.1, 0.15) is 0 Å². The summed E-state index contributed by atoms with van der Waals surface area (Å²) in [6.07, 6.45) is 1.05. The summed E-state index contributed by atoms with van der Waals surface area (Å²) in [5.74, 6) is 1.58. The Morgan fingerprint density at radius 3 is 2.55 bits per heavy atom. The molecule has 0 radical (unpaired) electrons. The number of benzene rings is 2. The molecule has 0 aliphatic carbocycles. The van der Waals surface area contributed by atoms with Gasteiger partial charge < -0.3 is 14.8 Å². The zero-order valence-electron chi connectivity index (χ0n) is 11.9. The maximum Gasteiger partial charge on any atom is 0.168 e. The number of ether oxygens (including phenoxy) is 2. The van der Waals surface area contributed by atoms with Crippen LogP contribution in [0.1, 0.15) is 11.1 Å². The number of hydrogen-bond acceptors (Lipinski definition) is 3. The van der Waals surface area contributed by atoms with Gasteiger partial charge in [0.2, 0.25) is 0 Å². The van der Waals surface area contributed by atoms with Crippen molar-refractivity contribution in [3.8, 4) is 22.6 Å². The SMILES string of the molecule is COc1cccc(-c2cccc3c2CCNC3)c1OC. The molecule has 3 heteroatoms. The third kappa shape index (κ3) is 2.14. The topological polar surface area (TPSA) is 30.5 Å². The van der Waals surface area contributed by atoms with Crippen LogP contribution in [0, 0.1) is 0 Å². The van der Waals surface area contributed by atoms with E-state index in [0.717, 1.165) is 36.6 Å². The predicted molar refractivity (Wildman–Crippen MR) is 80.4 cm³/mol. The first-order valence-corrected chi connectivity index (χ1v) is 6.88. The summed E-state index contributed by atoms with van der Waals surface area (Å²) in [7, 11) is 3.37. The molecule has 2 aromatic rings. The van der Waals surface area contributed by atoms with Gasteiger partial charge in [-0.2, -0.15) is 0 Å². The van der Waals surface area contributed by atoms with Crippen LogP contribution in [-0.4, -0.2) is 20.8 Å². The minimum atomic E-state index is 0.775. The normalized spacial score (nSPS) is 13.7. The zero-order chi connectivity index (χ0) is 13.9. The standard InChI is InChI=1S/C17H19NO2/c1-19-16-8-4-7-15(17(16)20-2)14-6-3-5-12-11-18-10-9-13(12)14/h3-8,18H,9-11H2,1-2H3. The van der Waals surface area contributed by atoms with E-state index in [4.69, 9.17) is 9.47 Å². The lowest BCUT2D eigenvalue weighted by molar-refractivity contribution is 0.356. The highest BCUT2D eigenvalue weighted by molar-refractivity contribution is 5.77. The molecule has 1 aliphatic rings. The van der Waals surface area contributed by atoms with Crippen molar-refractivity contribution in [3.63, 3.8) is 0 Å². The van der Waals surface area contributed by atoms with Crippen molar-refractivity contribution in [1.29, 1.82) is 0 Å². The van der Waals surface area contributed by atoms with Crippen LogP contribution in [0.3, 0.4) is 0 Å². The molecule has 0 saturated heterocycles. The minimum absolute atomic E-state index is 0.775. The minimum Gasteiger partial charge on any atom is -0.493 e. The fourth-order valence-corrected chi connectivity index (χ4v) is 2.88. The second-order valence-electron chi connectivity index (χ2n) is 4.91. The molecule has 1 aliphatic heterocycles. The molecule has 0 bridgehead atoms. The van der Waals surface area contributed by atoms with Crippen molar-refractivity contribution in [2.75, 3.05) is 20.8 Å². The Bertz CT molecular complexity index is 585.